The summed E-state index contributed by atoms with van der Waals surface area (Å²) in [5.41, 5.74) is 0.670. The molecule has 0 radical (unpaired) electrons. The third kappa shape index (κ3) is 13.0. The zero-order chi connectivity index (χ0) is 32.5. The van der Waals surface area contributed by atoms with Crippen molar-refractivity contribution >= 4 is 31.8 Å². The minimum absolute atomic E-state index is 0.174. The molecule has 44 heavy (non-hydrogen) atoms. The summed E-state index contributed by atoms with van der Waals surface area (Å²) in [6, 6.07) is 0.850. The highest BCUT2D eigenvalue weighted by molar-refractivity contribution is 7.92. The predicted molar refractivity (Wildman–Crippen MR) is 188 cm³/mol. The molecule has 0 aromatic rings. The van der Waals surface area contributed by atoms with Crippen LogP contribution in [-0.2, 0) is 13.7 Å². The number of hydrogen-bond donors (Lipinski definition) is 1. The lowest BCUT2D eigenvalue weighted by atomic mass is 9.54. The fraction of sp³-hybridized carbons (Fsp3) is 0.941. The number of hydrogen-bond acceptors (Lipinski definition) is 8. The van der Waals surface area contributed by atoms with E-state index in [1.807, 2.05) is 13.8 Å². The van der Waals surface area contributed by atoms with E-state index in [2.05, 4.69) is 54.0 Å². The number of ether oxygens (including phenoxy) is 1. The van der Waals surface area contributed by atoms with Gasteiger partial charge in [-0.2, -0.15) is 0 Å². The summed E-state index contributed by atoms with van der Waals surface area (Å²) in [7, 11) is 0.786. The molecule has 0 bridgehead atoms. The maximum absolute atomic E-state index is 12.5. The van der Waals surface area contributed by atoms with Gasteiger partial charge < -0.3 is 14.2 Å². The van der Waals surface area contributed by atoms with Gasteiger partial charge in [0.05, 0.1) is 32.4 Å². The Morgan fingerprint density at radius 1 is 1.02 bits per heavy atom. The Hall–Kier alpha value is -0.440. The number of nitrogens with one attached hydrogen (secondary N) is 1. The lowest BCUT2D eigenvalue weighted by molar-refractivity contribution is -0.140. The lowest BCUT2D eigenvalue weighted by Crippen LogP contribution is -2.51. The SMILES string of the molecule is CC.CCCOSN1CCN(C2CCCCC2C)CC1.COC(=O)CCN1CCCP(C(=O)NCCC2CC(C)C2(C)C)C1. The fourth-order valence-corrected chi connectivity index (χ4v) is 9.74. The molecule has 0 aromatic heterocycles. The van der Waals surface area contributed by atoms with E-state index >= 15 is 0 Å². The second kappa shape index (κ2) is 21.4. The molecule has 5 unspecified atom stereocenters. The highest BCUT2D eigenvalue weighted by atomic mass is 32.2. The number of esters is 1. The highest BCUT2D eigenvalue weighted by Gasteiger charge is 2.44. The number of nitrogens with zero attached hydrogens (tertiary/aromatic N) is 3. The molecule has 10 heteroatoms. The van der Waals surface area contributed by atoms with Crippen LogP contribution in [0, 0.1) is 23.2 Å². The molecular weight excluding hydrogens is 591 g/mol. The van der Waals surface area contributed by atoms with E-state index in [0.717, 1.165) is 88.3 Å². The number of amides is 1. The van der Waals surface area contributed by atoms with Crippen molar-refractivity contribution in [2.24, 2.45) is 23.2 Å². The van der Waals surface area contributed by atoms with Crippen molar-refractivity contribution in [1.82, 2.24) is 19.4 Å². The van der Waals surface area contributed by atoms with E-state index in [9.17, 15) is 9.59 Å². The normalized spacial score (nSPS) is 29.2. The van der Waals surface area contributed by atoms with Crippen molar-refractivity contribution in [1.29, 1.82) is 0 Å². The van der Waals surface area contributed by atoms with E-state index in [4.69, 9.17) is 8.92 Å². The molecule has 4 fully saturated rings. The zero-order valence-electron chi connectivity index (χ0n) is 29.6. The monoisotopic (exact) mass is 658 g/mol. The van der Waals surface area contributed by atoms with Crippen molar-refractivity contribution in [3.05, 3.63) is 0 Å². The topological polar surface area (TPSA) is 74.4 Å². The van der Waals surface area contributed by atoms with Crippen LogP contribution < -0.4 is 5.32 Å². The van der Waals surface area contributed by atoms with E-state index in [-0.39, 0.29) is 11.6 Å². The Labute approximate surface area is 276 Å². The van der Waals surface area contributed by atoms with Gasteiger partial charge in [0.2, 0.25) is 5.65 Å². The number of rotatable bonds is 12. The lowest BCUT2D eigenvalue weighted by Gasteiger charge is -2.51. The van der Waals surface area contributed by atoms with Gasteiger partial charge in [0.1, 0.15) is 0 Å². The minimum atomic E-state index is -0.633. The second-order valence-electron chi connectivity index (χ2n) is 13.6. The van der Waals surface area contributed by atoms with Crippen molar-refractivity contribution in [2.45, 2.75) is 112 Å². The first-order chi connectivity index (χ1) is 21.1. The molecule has 1 N–H and O–H groups in total. The Kier molecular flexibility index (Phi) is 19.4. The quantitative estimate of drug-likeness (QED) is 0.0753. The van der Waals surface area contributed by atoms with Crippen LogP contribution >= 0.6 is 20.2 Å². The molecule has 2 saturated heterocycles. The average molecular weight is 659 g/mol. The van der Waals surface area contributed by atoms with E-state index in [0.29, 0.717) is 18.4 Å². The number of piperazine rings is 1. The van der Waals surface area contributed by atoms with Crippen LogP contribution in [0.1, 0.15) is 106 Å². The van der Waals surface area contributed by atoms with Gasteiger partial charge in [-0.05, 0) is 74.4 Å². The van der Waals surface area contributed by atoms with Crippen LogP contribution in [0.5, 0.6) is 0 Å². The minimum Gasteiger partial charge on any atom is -0.469 e. The fourth-order valence-electron chi connectivity index (χ4n) is 6.94. The summed E-state index contributed by atoms with van der Waals surface area (Å²) in [5.74, 6) is 2.26. The molecular formula is C34H67N4O4PS. The van der Waals surface area contributed by atoms with Gasteiger partial charge in [-0.25, -0.2) is 4.31 Å². The zero-order valence-corrected chi connectivity index (χ0v) is 31.3. The molecule has 5 atom stereocenters. The molecule has 0 aromatic carbocycles. The molecule has 4 aliphatic rings. The van der Waals surface area contributed by atoms with Gasteiger partial charge in [0.15, 0.2) is 0 Å². The molecule has 4 rings (SSSR count). The second-order valence-corrected chi connectivity index (χ2v) is 16.7. The van der Waals surface area contributed by atoms with Gasteiger partial charge >= 0.3 is 5.97 Å². The van der Waals surface area contributed by atoms with Crippen LogP contribution in [0.2, 0.25) is 0 Å². The maximum atomic E-state index is 12.5. The van der Waals surface area contributed by atoms with Crippen LogP contribution in [0.4, 0.5) is 4.79 Å². The molecule has 8 nitrogen and oxygen atoms in total. The van der Waals surface area contributed by atoms with Crippen molar-refractivity contribution in [3.63, 3.8) is 0 Å². The molecule has 2 saturated carbocycles. The summed E-state index contributed by atoms with van der Waals surface area (Å²) in [6.07, 6.45) is 12.5. The van der Waals surface area contributed by atoms with Crippen LogP contribution in [0.15, 0.2) is 0 Å². The van der Waals surface area contributed by atoms with Gasteiger partial charge in [-0.1, -0.05) is 61.3 Å². The molecule has 258 valence electrons. The van der Waals surface area contributed by atoms with E-state index in [1.165, 1.54) is 52.3 Å². The summed E-state index contributed by atoms with van der Waals surface area (Å²) >= 11 is 1.58. The van der Waals surface area contributed by atoms with Crippen molar-refractivity contribution in [3.8, 4) is 0 Å². The first kappa shape index (κ1) is 39.7. The highest BCUT2D eigenvalue weighted by Crippen LogP contribution is 2.52. The van der Waals surface area contributed by atoms with Crippen LogP contribution in [-0.4, -0.2) is 104 Å². The Balaban J connectivity index is 0.000000301. The van der Waals surface area contributed by atoms with Gasteiger partial charge in [0.25, 0.3) is 0 Å². The third-order valence-electron chi connectivity index (χ3n) is 10.4. The summed E-state index contributed by atoms with van der Waals surface area (Å²) in [5, 5.41) is 3.17. The first-order valence-electron chi connectivity index (χ1n) is 17.8. The Bertz CT molecular complexity index is 814. The first-order valence-corrected chi connectivity index (χ1v) is 20.2. The molecule has 0 spiro atoms. The summed E-state index contributed by atoms with van der Waals surface area (Å²) < 4.78 is 12.6. The number of carbonyl (C=O) groups is 2. The van der Waals surface area contributed by atoms with Crippen molar-refractivity contribution < 1.29 is 18.5 Å². The summed E-state index contributed by atoms with van der Waals surface area (Å²) in [4.78, 5) is 28.7. The molecule has 2 aliphatic heterocycles. The van der Waals surface area contributed by atoms with Crippen LogP contribution in [0.3, 0.4) is 0 Å². The third-order valence-corrected chi connectivity index (χ3v) is 13.6. The molecule has 1 amide bonds. The smallest absolute Gasteiger partial charge is 0.306 e. The number of carbonyl (C=O) groups excluding carboxylic acids is 2. The molecule has 2 heterocycles. The maximum Gasteiger partial charge on any atom is 0.306 e. The van der Waals surface area contributed by atoms with E-state index < -0.39 is 7.92 Å². The standard InChI is InChI=1S/C18H33N2O3P.C14H28N2OS.C2H6/c1-14-12-15(18(14,2)3)6-8-19-17(22)24-11-5-9-20(13-24)10-7-16(21)23-4;1-3-12-17-18-16-10-8-15(9-11-16)14-7-5-4-6-13(14)2;1-2/h14-15H,5-13H2,1-4H3,(H,19,22);13-14H,3-12H2,1-2H3;1-2H3. The van der Waals surface area contributed by atoms with Crippen molar-refractivity contribution in [2.75, 3.05) is 72.0 Å². The average Bonchev–Trinajstić information content (AvgIpc) is 3.05. The van der Waals surface area contributed by atoms with Crippen LogP contribution in [0.25, 0.3) is 0 Å². The van der Waals surface area contributed by atoms with Gasteiger partial charge in [0, 0.05) is 59.5 Å². The largest absolute Gasteiger partial charge is 0.469 e. The van der Waals surface area contributed by atoms with E-state index in [1.54, 1.807) is 12.2 Å². The molecule has 2 aliphatic carbocycles. The Morgan fingerprint density at radius 3 is 2.34 bits per heavy atom. The van der Waals surface area contributed by atoms with Gasteiger partial charge in [-0.15, -0.1) is 0 Å². The summed E-state index contributed by atoms with van der Waals surface area (Å²) in [6.45, 7) is 23.7. The number of methoxy groups -OCH3 is 1. The Morgan fingerprint density at radius 2 is 1.73 bits per heavy atom. The van der Waals surface area contributed by atoms with Gasteiger partial charge in [-0.3, -0.25) is 19.4 Å². The predicted octanol–water partition coefficient (Wildman–Crippen LogP) is 7.68.